The summed E-state index contributed by atoms with van der Waals surface area (Å²) in [4.78, 5) is 34.2. The van der Waals surface area contributed by atoms with Crippen LogP contribution in [0.15, 0.2) is 48.7 Å². The number of rotatable bonds is 5. The highest BCUT2D eigenvalue weighted by molar-refractivity contribution is 5.86. The van der Waals surface area contributed by atoms with Crippen molar-refractivity contribution >= 4 is 11.9 Å². The van der Waals surface area contributed by atoms with E-state index in [2.05, 4.69) is 4.98 Å². The predicted molar refractivity (Wildman–Crippen MR) is 111 cm³/mol. The van der Waals surface area contributed by atoms with Gasteiger partial charge >= 0.3 is 5.97 Å². The first kappa shape index (κ1) is 21.0. The van der Waals surface area contributed by atoms with E-state index in [1.54, 1.807) is 18.1 Å². The topological polar surface area (TPSA) is 62.7 Å². The molecule has 1 fully saturated rings. The lowest BCUT2D eigenvalue weighted by atomic mass is 9.87. The second-order valence-corrected chi connectivity index (χ2v) is 8.00. The molecule has 2 heterocycles. The Hall–Kier alpha value is -2.73. The zero-order valence-electron chi connectivity index (χ0n) is 17.8. The van der Waals surface area contributed by atoms with Gasteiger partial charge in [0, 0.05) is 19.3 Å². The fraction of sp³-hybridized carbons (Fsp3) is 0.435. The number of likely N-dealkylation sites (tertiary alicyclic amines) is 1. The number of aryl methyl sites for hydroxylation is 1. The number of carbonyl (C=O) groups is 2. The second-order valence-electron chi connectivity index (χ2n) is 8.00. The molecule has 1 aliphatic heterocycles. The number of hydrogen-bond acceptors (Lipinski definition) is 5. The lowest BCUT2D eigenvalue weighted by Gasteiger charge is -2.34. The molecule has 154 valence electrons. The third-order valence-corrected chi connectivity index (χ3v) is 6.15. The molecule has 1 aliphatic rings. The third kappa shape index (κ3) is 3.90. The fourth-order valence-corrected chi connectivity index (χ4v) is 4.37. The second kappa shape index (κ2) is 8.33. The first-order valence-corrected chi connectivity index (χ1v) is 9.81. The monoisotopic (exact) mass is 395 g/mol. The molecule has 0 saturated carbocycles. The first-order valence-electron chi connectivity index (χ1n) is 9.81. The predicted octanol–water partition coefficient (Wildman–Crippen LogP) is 2.97. The van der Waals surface area contributed by atoms with Crippen molar-refractivity contribution in [2.75, 3.05) is 21.2 Å². The zero-order chi connectivity index (χ0) is 21.2. The average Bonchev–Trinajstić information content (AvgIpc) is 3.00. The van der Waals surface area contributed by atoms with E-state index in [9.17, 15) is 9.59 Å². The summed E-state index contributed by atoms with van der Waals surface area (Å²) in [6, 6.07) is 13.5. The number of likely N-dealkylation sites (N-methyl/N-ethyl adjacent to an activating group) is 1. The number of ether oxygens (including phenoxy) is 1. The molecular weight excluding hydrogens is 366 g/mol. The van der Waals surface area contributed by atoms with Crippen LogP contribution in [0.2, 0.25) is 0 Å². The maximum absolute atomic E-state index is 13.5. The summed E-state index contributed by atoms with van der Waals surface area (Å²) in [5, 5.41) is 0. The molecule has 1 aromatic heterocycles. The van der Waals surface area contributed by atoms with Crippen LogP contribution in [0.5, 0.6) is 0 Å². The fourth-order valence-electron chi connectivity index (χ4n) is 4.37. The molecule has 0 spiro atoms. The number of carbonyl (C=O) groups excluding carboxylic acids is 2. The minimum atomic E-state index is -0.867. The van der Waals surface area contributed by atoms with Gasteiger partial charge in [0.15, 0.2) is 0 Å². The highest BCUT2D eigenvalue weighted by atomic mass is 16.5. The molecule has 0 bridgehead atoms. The number of hydrogen-bond donors (Lipinski definition) is 0. The smallest absolute Gasteiger partial charge is 0.326 e. The lowest BCUT2D eigenvalue weighted by molar-refractivity contribution is -0.152. The summed E-state index contributed by atoms with van der Waals surface area (Å²) in [7, 11) is 5.09. The maximum Gasteiger partial charge on any atom is 0.326 e. The van der Waals surface area contributed by atoms with Gasteiger partial charge in [-0.15, -0.1) is 0 Å². The van der Waals surface area contributed by atoms with E-state index >= 15 is 0 Å². The standard InChI is InChI=1S/C23H29N3O3/c1-16-10-6-7-12-18(16)20-19(14-23(2,26(20)4)22(28)29-5)21(27)25(3)15-17-11-8-9-13-24-17/h6-13,19-20H,14-15H2,1-5H3/t19-,20-,23-/m0/s1. The van der Waals surface area contributed by atoms with Gasteiger partial charge in [-0.1, -0.05) is 30.3 Å². The van der Waals surface area contributed by atoms with Crippen molar-refractivity contribution in [1.82, 2.24) is 14.8 Å². The maximum atomic E-state index is 13.5. The Morgan fingerprint density at radius 1 is 1.24 bits per heavy atom. The number of methoxy groups -OCH3 is 1. The largest absolute Gasteiger partial charge is 0.468 e. The van der Waals surface area contributed by atoms with Crippen LogP contribution in [0.25, 0.3) is 0 Å². The first-order chi connectivity index (χ1) is 13.8. The quantitative estimate of drug-likeness (QED) is 0.729. The number of aromatic nitrogens is 1. The van der Waals surface area contributed by atoms with Crippen molar-refractivity contribution in [2.24, 2.45) is 5.92 Å². The molecule has 6 heteroatoms. The molecule has 1 aromatic carbocycles. The molecule has 0 radical (unpaired) electrons. The Bertz CT molecular complexity index is 886. The number of amides is 1. The molecule has 0 unspecified atom stereocenters. The molecule has 29 heavy (non-hydrogen) atoms. The SMILES string of the molecule is COC(=O)[C@]1(C)C[C@H](C(=O)N(C)Cc2ccccn2)[C@H](c2ccccc2C)N1C. The summed E-state index contributed by atoms with van der Waals surface area (Å²) < 4.78 is 5.09. The summed E-state index contributed by atoms with van der Waals surface area (Å²) in [5.74, 6) is -0.677. The van der Waals surface area contributed by atoms with E-state index in [-0.39, 0.29) is 23.8 Å². The van der Waals surface area contributed by atoms with E-state index in [0.717, 1.165) is 16.8 Å². The van der Waals surface area contributed by atoms with Crippen LogP contribution in [0.3, 0.4) is 0 Å². The van der Waals surface area contributed by atoms with Crippen molar-refractivity contribution in [3.63, 3.8) is 0 Å². The molecule has 3 rings (SSSR count). The molecule has 2 aromatic rings. The minimum absolute atomic E-state index is 0.00313. The van der Waals surface area contributed by atoms with Crippen LogP contribution in [0.4, 0.5) is 0 Å². The van der Waals surface area contributed by atoms with Gasteiger partial charge in [-0.05, 0) is 50.6 Å². The molecular formula is C23H29N3O3. The Morgan fingerprint density at radius 2 is 1.93 bits per heavy atom. The number of benzene rings is 1. The van der Waals surface area contributed by atoms with Crippen molar-refractivity contribution < 1.29 is 14.3 Å². The molecule has 1 amide bonds. The third-order valence-electron chi connectivity index (χ3n) is 6.15. The Balaban J connectivity index is 1.96. The van der Waals surface area contributed by atoms with E-state index < -0.39 is 5.54 Å². The average molecular weight is 396 g/mol. The van der Waals surface area contributed by atoms with E-state index in [0.29, 0.717) is 13.0 Å². The van der Waals surface area contributed by atoms with Crippen molar-refractivity contribution in [3.8, 4) is 0 Å². The molecule has 6 nitrogen and oxygen atoms in total. The van der Waals surface area contributed by atoms with Crippen LogP contribution in [-0.2, 0) is 20.9 Å². The van der Waals surface area contributed by atoms with Gasteiger partial charge in [0.25, 0.3) is 0 Å². The summed E-state index contributed by atoms with van der Waals surface area (Å²) >= 11 is 0. The minimum Gasteiger partial charge on any atom is -0.468 e. The normalized spacial score (nSPS) is 24.3. The molecule has 0 N–H and O–H groups in total. The Labute approximate surface area is 172 Å². The van der Waals surface area contributed by atoms with Crippen molar-refractivity contribution in [3.05, 3.63) is 65.5 Å². The van der Waals surface area contributed by atoms with Crippen LogP contribution in [-0.4, -0.2) is 53.4 Å². The number of esters is 1. The summed E-state index contributed by atoms with van der Waals surface area (Å²) in [6.07, 6.45) is 2.13. The van der Waals surface area contributed by atoms with Gasteiger partial charge in [-0.25, -0.2) is 0 Å². The van der Waals surface area contributed by atoms with E-state index in [1.807, 2.05) is 68.3 Å². The highest BCUT2D eigenvalue weighted by Gasteiger charge is 2.55. The van der Waals surface area contributed by atoms with Gasteiger partial charge in [0.1, 0.15) is 5.54 Å². The molecule has 3 atom stereocenters. The Kier molecular flexibility index (Phi) is 6.03. The summed E-state index contributed by atoms with van der Waals surface area (Å²) in [6.45, 7) is 4.32. The van der Waals surface area contributed by atoms with Crippen LogP contribution < -0.4 is 0 Å². The number of pyridine rings is 1. The van der Waals surface area contributed by atoms with Crippen LogP contribution in [0, 0.1) is 12.8 Å². The van der Waals surface area contributed by atoms with Gasteiger partial charge in [0.05, 0.1) is 25.3 Å². The van der Waals surface area contributed by atoms with E-state index in [4.69, 9.17) is 4.74 Å². The molecule has 1 saturated heterocycles. The summed E-state index contributed by atoms with van der Waals surface area (Å²) in [5.41, 5.74) is 2.13. The number of nitrogens with zero attached hydrogens (tertiary/aromatic N) is 3. The van der Waals surface area contributed by atoms with Crippen LogP contribution in [0.1, 0.15) is 36.2 Å². The zero-order valence-corrected chi connectivity index (χ0v) is 17.8. The highest BCUT2D eigenvalue weighted by Crippen LogP contribution is 2.47. The van der Waals surface area contributed by atoms with Crippen molar-refractivity contribution in [1.29, 1.82) is 0 Å². The van der Waals surface area contributed by atoms with Gasteiger partial charge < -0.3 is 9.64 Å². The molecule has 0 aliphatic carbocycles. The Morgan fingerprint density at radius 3 is 2.55 bits per heavy atom. The van der Waals surface area contributed by atoms with Crippen LogP contribution >= 0.6 is 0 Å². The van der Waals surface area contributed by atoms with E-state index in [1.165, 1.54) is 7.11 Å². The van der Waals surface area contributed by atoms with Gasteiger partial charge in [0.2, 0.25) is 5.91 Å². The van der Waals surface area contributed by atoms with Crippen molar-refractivity contribution in [2.45, 2.75) is 38.4 Å². The van der Waals surface area contributed by atoms with Gasteiger partial charge in [-0.3, -0.25) is 19.5 Å². The van der Waals surface area contributed by atoms with Gasteiger partial charge in [-0.2, -0.15) is 0 Å². The lowest BCUT2D eigenvalue weighted by Crippen LogP contribution is -2.47.